The number of morpholine rings is 1. The van der Waals surface area contributed by atoms with Gasteiger partial charge in [0.1, 0.15) is 12.4 Å². The van der Waals surface area contributed by atoms with Crippen LogP contribution in [0.1, 0.15) is 6.42 Å². The number of allylic oxidation sites excluding steroid dienone is 1. The molecule has 6 heteroatoms. The standard InChI is InChI=1S/C19H26N2O4/c22-18-2-1-7-21(16-18)17-3-5-19(6-4-17)25-15-14-24-13-10-20-8-11-23-12-9-20/h1,3-7H,2,8-16H2. The summed E-state index contributed by atoms with van der Waals surface area (Å²) in [5.41, 5.74) is 0.999. The third-order valence-electron chi connectivity index (χ3n) is 4.30. The summed E-state index contributed by atoms with van der Waals surface area (Å²) in [6, 6.07) is 7.79. The molecule has 1 aromatic carbocycles. The molecule has 0 saturated carbocycles. The predicted octanol–water partition coefficient (Wildman–Crippen LogP) is 1.71. The van der Waals surface area contributed by atoms with Gasteiger partial charge in [0.05, 0.1) is 33.0 Å². The molecule has 0 bridgehead atoms. The Morgan fingerprint density at radius 3 is 2.60 bits per heavy atom. The lowest BCUT2D eigenvalue weighted by atomic mass is 10.2. The normalized spacial score (nSPS) is 18.6. The summed E-state index contributed by atoms with van der Waals surface area (Å²) in [5.74, 6) is 1.05. The van der Waals surface area contributed by atoms with E-state index in [-0.39, 0.29) is 5.78 Å². The average molecular weight is 346 g/mol. The third-order valence-corrected chi connectivity index (χ3v) is 4.30. The Balaban J connectivity index is 1.31. The molecule has 1 fully saturated rings. The topological polar surface area (TPSA) is 51.2 Å². The first-order valence-electron chi connectivity index (χ1n) is 8.87. The Bertz CT molecular complexity index is 567. The van der Waals surface area contributed by atoms with Crippen LogP contribution in [-0.4, -0.2) is 69.9 Å². The number of carbonyl (C=O) groups is 1. The molecule has 1 aromatic rings. The molecule has 3 rings (SSSR count). The highest BCUT2D eigenvalue weighted by Gasteiger charge is 2.12. The number of Topliss-reactive ketones (excluding diaryl/α,β-unsaturated/α-hetero) is 1. The van der Waals surface area contributed by atoms with Gasteiger partial charge in [-0.2, -0.15) is 0 Å². The van der Waals surface area contributed by atoms with Crippen LogP contribution in [0.2, 0.25) is 0 Å². The van der Waals surface area contributed by atoms with Gasteiger partial charge in [0, 0.05) is 37.9 Å². The van der Waals surface area contributed by atoms with E-state index < -0.39 is 0 Å². The zero-order chi connectivity index (χ0) is 17.3. The Hall–Kier alpha value is -1.89. The summed E-state index contributed by atoms with van der Waals surface area (Å²) in [6.07, 6.45) is 4.38. The fourth-order valence-electron chi connectivity index (χ4n) is 2.87. The van der Waals surface area contributed by atoms with Crippen LogP contribution in [0.5, 0.6) is 5.75 Å². The minimum Gasteiger partial charge on any atom is -0.491 e. The van der Waals surface area contributed by atoms with Gasteiger partial charge in [-0.1, -0.05) is 6.08 Å². The van der Waals surface area contributed by atoms with Crippen LogP contribution in [0, 0.1) is 0 Å². The molecule has 0 amide bonds. The lowest BCUT2D eigenvalue weighted by Crippen LogP contribution is -2.38. The Kier molecular flexibility index (Phi) is 6.85. The van der Waals surface area contributed by atoms with Gasteiger partial charge in [-0.3, -0.25) is 9.69 Å². The molecule has 6 nitrogen and oxygen atoms in total. The van der Waals surface area contributed by atoms with Crippen molar-refractivity contribution in [1.29, 1.82) is 0 Å². The van der Waals surface area contributed by atoms with Crippen molar-refractivity contribution in [3.8, 4) is 5.75 Å². The van der Waals surface area contributed by atoms with Gasteiger partial charge in [-0.05, 0) is 24.3 Å². The smallest absolute Gasteiger partial charge is 0.156 e. The molecule has 2 aliphatic heterocycles. The maximum absolute atomic E-state index is 11.5. The Labute approximate surface area is 148 Å². The highest BCUT2D eigenvalue weighted by molar-refractivity contribution is 5.86. The second kappa shape index (κ2) is 9.56. The number of rotatable bonds is 8. The van der Waals surface area contributed by atoms with Gasteiger partial charge in [-0.15, -0.1) is 0 Å². The van der Waals surface area contributed by atoms with E-state index in [0.717, 1.165) is 50.9 Å². The number of hydrogen-bond acceptors (Lipinski definition) is 6. The van der Waals surface area contributed by atoms with Crippen molar-refractivity contribution in [2.75, 3.05) is 64.1 Å². The Morgan fingerprint density at radius 1 is 1.04 bits per heavy atom. The number of nitrogens with zero attached hydrogens (tertiary/aromatic N) is 2. The lowest BCUT2D eigenvalue weighted by molar-refractivity contribution is -0.117. The van der Waals surface area contributed by atoms with Crippen LogP contribution in [-0.2, 0) is 14.3 Å². The molecule has 0 spiro atoms. The van der Waals surface area contributed by atoms with E-state index in [1.807, 2.05) is 41.4 Å². The molecular weight excluding hydrogens is 320 g/mol. The number of anilines is 1. The molecule has 0 N–H and O–H groups in total. The molecular formula is C19H26N2O4. The maximum atomic E-state index is 11.5. The summed E-state index contributed by atoms with van der Waals surface area (Å²) in [5, 5.41) is 0. The molecule has 1 saturated heterocycles. The monoisotopic (exact) mass is 346 g/mol. The van der Waals surface area contributed by atoms with E-state index in [1.54, 1.807) is 0 Å². The van der Waals surface area contributed by atoms with Crippen LogP contribution in [0.3, 0.4) is 0 Å². The van der Waals surface area contributed by atoms with Crippen molar-refractivity contribution in [3.63, 3.8) is 0 Å². The Morgan fingerprint density at radius 2 is 1.84 bits per heavy atom. The summed E-state index contributed by atoms with van der Waals surface area (Å²) < 4.78 is 16.6. The highest BCUT2D eigenvalue weighted by Crippen LogP contribution is 2.21. The molecule has 0 radical (unpaired) electrons. The quantitative estimate of drug-likeness (QED) is 0.668. The summed E-state index contributed by atoms with van der Waals surface area (Å²) in [4.78, 5) is 15.8. The summed E-state index contributed by atoms with van der Waals surface area (Å²) in [6.45, 7) is 6.83. The molecule has 0 aliphatic carbocycles. The van der Waals surface area contributed by atoms with E-state index in [0.29, 0.717) is 26.2 Å². The second-order valence-corrected chi connectivity index (χ2v) is 6.16. The van der Waals surface area contributed by atoms with Gasteiger partial charge in [-0.25, -0.2) is 0 Å². The molecule has 2 heterocycles. The molecule has 0 unspecified atom stereocenters. The van der Waals surface area contributed by atoms with Gasteiger partial charge >= 0.3 is 0 Å². The minimum absolute atomic E-state index is 0.233. The van der Waals surface area contributed by atoms with Gasteiger partial charge in [0.15, 0.2) is 5.78 Å². The number of ether oxygens (including phenoxy) is 3. The maximum Gasteiger partial charge on any atom is 0.156 e. The van der Waals surface area contributed by atoms with Gasteiger partial charge < -0.3 is 19.1 Å². The highest BCUT2D eigenvalue weighted by atomic mass is 16.5. The average Bonchev–Trinajstić information content (AvgIpc) is 2.66. The van der Waals surface area contributed by atoms with Crippen molar-refractivity contribution >= 4 is 11.5 Å². The van der Waals surface area contributed by atoms with E-state index in [4.69, 9.17) is 14.2 Å². The van der Waals surface area contributed by atoms with E-state index in [1.165, 1.54) is 0 Å². The SMILES string of the molecule is O=C1CC=CN(c2ccc(OCCOCCN3CCOCC3)cc2)C1. The summed E-state index contributed by atoms with van der Waals surface area (Å²) in [7, 11) is 0. The van der Waals surface area contributed by atoms with E-state index in [9.17, 15) is 4.79 Å². The van der Waals surface area contributed by atoms with E-state index >= 15 is 0 Å². The first-order chi connectivity index (χ1) is 12.3. The lowest BCUT2D eigenvalue weighted by Gasteiger charge is -2.26. The van der Waals surface area contributed by atoms with Crippen molar-refractivity contribution in [3.05, 3.63) is 36.5 Å². The second-order valence-electron chi connectivity index (χ2n) is 6.16. The van der Waals surface area contributed by atoms with Crippen LogP contribution in [0.15, 0.2) is 36.5 Å². The first-order valence-corrected chi connectivity index (χ1v) is 8.87. The zero-order valence-electron chi connectivity index (χ0n) is 14.6. The molecule has 25 heavy (non-hydrogen) atoms. The molecule has 136 valence electrons. The fraction of sp³-hybridized carbons (Fsp3) is 0.526. The van der Waals surface area contributed by atoms with Crippen LogP contribution >= 0.6 is 0 Å². The molecule has 0 aromatic heterocycles. The zero-order valence-corrected chi connectivity index (χ0v) is 14.6. The van der Waals surface area contributed by atoms with Crippen LogP contribution in [0.4, 0.5) is 5.69 Å². The minimum atomic E-state index is 0.233. The van der Waals surface area contributed by atoms with E-state index in [2.05, 4.69) is 4.90 Å². The van der Waals surface area contributed by atoms with Gasteiger partial charge in [0.25, 0.3) is 0 Å². The van der Waals surface area contributed by atoms with Crippen molar-refractivity contribution in [2.24, 2.45) is 0 Å². The number of hydrogen-bond donors (Lipinski definition) is 0. The first kappa shape index (κ1) is 17.9. The van der Waals surface area contributed by atoms with Crippen molar-refractivity contribution < 1.29 is 19.0 Å². The third kappa shape index (κ3) is 5.85. The number of benzene rings is 1. The molecule has 0 atom stereocenters. The summed E-state index contributed by atoms with van der Waals surface area (Å²) >= 11 is 0. The largest absolute Gasteiger partial charge is 0.491 e. The fourth-order valence-corrected chi connectivity index (χ4v) is 2.87. The van der Waals surface area contributed by atoms with Crippen molar-refractivity contribution in [1.82, 2.24) is 4.90 Å². The van der Waals surface area contributed by atoms with Crippen LogP contribution in [0.25, 0.3) is 0 Å². The predicted molar refractivity (Wildman–Crippen MR) is 96.1 cm³/mol. The number of carbonyl (C=O) groups excluding carboxylic acids is 1. The number of ketones is 1. The molecule has 2 aliphatic rings. The van der Waals surface area contributed by atoms with Crippen molar-refractivity contribution in [2.45, 2.75) is 6.42 Å². The van der Waals surface area contributed by atoms with Gasteiger partial charge in [0.2, 0.25) is 0 Å². The van der Waals surface area contributed by atoms with Crippen LogP contribution < -0.4 is 9.64 Å².